The van der Waals surface area contributed by atoms with Crippen LogP contribution in [0, 0.1) is 12.8 Å². The van der Waals surface area contributed by atoms with E-state index in [2.05, 4.69) is 26.8 Å². The van der Waals surface area contributed by atoms with E-state index in [4.69, 9.17) is 9.47 Å². The molecule has 43 heavy (non-hydrogen) atoms. The molecule has 222 valence electrons. The van der Waals surface area contributed by atoms with Gasteiger partial charge in [0.15, 0.2) is 10.6 Å². The summed E-state index contributed by atoms with van der Waals surface area (Å²) in [6.45, 7) is 3.99. The van der Waals surface area contributed by atoms with Crippen LogP contribution in [0.5, 0.6) is 0 Å². The molecule has 1 saturated heterocycles. The minimum atomic E-state index is -3.93. The van der Waals surface area contributed by atoms with Crippen LogP contribution < -0.4 is 4.72 Å². The molecule has 0 amide bonds. The highest BCUT2D eigenvalue weighted by molar-refractivity contribution is 8.01. The van der Waals surface area contributed by atoms with E-state index in [1.54, 1.807) is 65.7 Å². The summed E-state index contributed by atoms with van der Waals surface area (Å²) in [7, 11) is -3.93. The van der Waals surface area contributed by atoms with Gasteiger partial charge >= 0.3 is 0 Å². The van der Waals surface area contributed by atoms with Gasteiger partial charge in [-0.15, -0.1) is 10.2 Å². The minimum Gasteiger partial charge on any atom is -0.392 e. The summed E-state index contributed by atoms with van der Waals surface area (Å²) in [5, 5.41) is 19.5. The van der Waals surface area contributed by atoms with E-state index in [9.17, 15) is 13.5 Å². The van der Waals surface area contributed by atoms with Gasteiger partial charge in [0, 0.05) is 34.5 Å². The van der Waals surface area contributed by atoms with Gasteiger partial charge in [0.1, 0.15) is 9.90 Å². The Morgan fingerprint density at radius 2 is 1.77 bits per heavy atom. The fraction of sp³-hybridized carbons (Fsp3) is 0.258. The van der Waals surface area contributed by atoms with Crippen molar-refractivity contribution in [1.82, 2.24) is 15.2 Å². The maximum Gasteiger partial charge on any atom is 0.264 e. The number of nitrogens with zero attached hydrogens (tertiary/aromatic N) is 3. The number of aryl methyl sites for hydroxylation is 1. The van der Waals surface area contributed by atoms with E-state index >= 15 is 0 Å². The molecule has 12 heteroatoms. The van der Waals surface area contributed by atoms with Crippen molar-refractivity contribution >= 4 is 49.7 Å². The lowest BCUT2D eigenvalue weighted by molar-refractivity contribution is -0.268. The average molecular weight is 635 g/mol. The monoisotopic (exact) mass is 634 g/mol. The number of anilines is 1. The van der Waals surface area contributed by atoms with E-state index < -0.39 is 16.3 Å². The Labute approximate surface area is 258 Å². The number of rotatable bonds is 9. The van der Waals surface area contributed by atoms with Crippen LogP contribution in [-0.2, 0) is 26.1 Å². The van der Waals surface area contributed by atoms with E-state index in [1.165, 1.54) is 0 Å². The van der Waals surface area contributed by atoms with E-state index in [0.29, 0.717) is 22.5 Å². The Balaban J connectivity index is 1.28. The lowest BCUT2D eigenvalue weighted by atomic mass is 9.91. The number of aromatic nitrogens is 3. The number of pyridine rings is 1. The van der Waals surface area contributed by atoms with Gasteiger partial charge in [-0.3, -0.25) is 9.71 Å². The zero-order valence-corrected chi connectivity index (χ0v) is 25.9. The van der Waals surface area contributed by atoms with Crippen molar-refractivity contribution in [2.75, 3.05) is 10.5 Å². The van der Waals surface area contributed by atoms with E-state index in [-0.39, 0.29) is 29.6 Å². The molecule has 4 unspecified atom stereocenters. The predicted octanol–water partition coefficient (Wildman–Crippen LogP) is 6.27. The number of para-hydroxylation sites is 1. The van der Waals surface area contributed by atoms with Gasteiger partial charge in [-0.2, -0.15) is 0 Å². The number of nitrogens with one attached hydrogen (secondary N) is 1. The second-order valence-corrected chi connectivity index (χ2v) is 14.4. The standard InChI is InChI=1S/C31H30N4O5S3/c1-19-26(18-41-31-34-33-20(2)42-31)39-30(40-29(19)23-13-11-21(17-36)12-14-23)24-7-3-9-25(16-24)35-43(37,38)27-10-4-6-22-8-5-15-32-28(22)27/h3-16,19,26,29-30,35-36H,17-18H2,1-2H3. The highest BCUT2D eigenvalue weighted by Gasteiger charge is 2.38. The average Bonchev–Trinajstić information content (AvgIpc) is 3.45. The second kappa shape index (κ2) is 12.7. The Kier molecular flexibility index (Phi) is 8.75. The van der Waals surface area contributed by atoms with Crippen molar-refractivity contribution in [3.05, 3.63) is 107 Å². The van der Waals surface area contributed by atoms with Gasteiger partial charge in [-0.25, -0.2) is 8.42 Å². The number of hydrogen-bond acceptors (Lipinski definition) is 10. The molecule has 1 aliphatic rings. The molecule has 5 aromatic rings. The third kappa shape index (κ3) is 6.59. The van der Waals surface area contributed by atoms with Crippen molar-refractivity contribution in [3.63, 3.8) is 0 Å². The quantitative estimate of drug-likeness (QED) is 0.181. The Morgan fingerprint density at radius 3 is 2.53 bits per heavy atom. The lowest BCUT2D eigenvalue weighted by Gasteiger charge is -2.41. The summed E-state index contributed by atoms with van der Waals surface area (Å²) in [6, 6.07) is 23.5. The number of thioether (sulfide) groups is 1. The van der Waals surface area contributed by atoms with Crippen molar-refractivity contribution in [2.45, 2.75) is 48.2 Å². The first-order valence-corrected chi connectivity index (χ1v) is 17.0. The Bertz CT molecular complexity index is 1830. The molecule has 0 saturated carbocycles. The van der Waals surface area contributed by atoms with Crippen LogP contribution in [0.15, 0.2) is 94.3 Å². The van der Waals surface area contributed by atoms with Crippen molar-refractivity contribution in [3.8, 4) is 0 Å². The molecular formula is C31H30N4O5S3. The lowest BCUT2D eigenvalue weighted by Crippen LogP contribution is -2.38. The first kappa shape index (κ1) is 29.7. The largest absolute Gasteiger partial charge is 0.392 e. The second-order valence-electron chi connectivity index (χ2n) is 10.3. The molecule has 1 fully saturated rings. The Morgan fingerprint density at radius 1 is 0.977 bits per heavy atom. The molecule has 9 nitrogen and oxygen atoms in total. The zero-order valence-electron chi connectivity index (χ0n) is 23.5. The topological polar surface area (TPSA) is 124 Å². The van der Waals surface area contributed by atoms with Crippen LogP contribution in [0.4, 0.5) is 5.69 Å². The van der Waals surface area contributed by atoms with E-state index in [1.807, 2.05) is 49.4 Å². The van der Waals surface area contributed by atoms with Crippen molar-refractivity contribution < 1.29 is 23.0 Å². The maximum atomic E-state index is 13.5. The number of hydrogen-bond donors (Lipinski definition) is 2. The van der Waals surface area contributed by atoms with Crippen LogP contribution in [0.1, 0.15) is 41.0 Å². The number of aliphatic hydroxyl groups excluding tert-OH is 1. The fourth-order valence-electron chi connectivity index (χ4n) is 5.05. The molecule has 2 aromatic heterocycles. The fourth-order valence-corrected chi connectivity index (χ4v) is 8.29. The van der Waals surface area contributed by atoms with Crippen LogP contribution in [0.25, 0.3) is 10.9 Å². The molecule has 0 bridgehead atoms. The number of fused-ring (bicyclic) bond motifs is 1. The number of aliphatic hydroxyl groups is 1. The highest BCUT2D eigenvalue weighted by Crippen LogP contribution is 2.43. The first-order chi connectivity index (χ1) is 20.8. The smallest absolute Gasteiger partial charge is 0.264 e. The molecule has 1 aliphatic heterocycles. The molecule has 6 rings (SSSR count). The van der Waals surface area contributed by atoms with Crippen molar-refractivity contribution in [1.29, 1.82) is 0 Å². The number of benzene rings is 3. The third-order valence-corrected chi connectivity index (χ3v) is 10.8. The van der Waals surface area contributed by atoms with Crippen molar-refractivity contribution in [2.24, 2.45) is 5.92 Å². The maximum absolute atomic E-state index is 13.5. The van der Waals surface area contributed by atoms with Gasteiger partial charge in [0.05, 0.1) is 24.3 Å². The molecule has 0 aliphatic carbocycles. The first-order valence-electron chi connectivity index (χ1n) is 13.7. The summed E-state index contributed by atoms with van der Waals surface area (Å²) in [6.07, 6.45) is 0.340. The van der Waals surface area contributed by atoms with E-state index in [0.717, 1.165) is 25.9 Å². The molecule has 0 spiro atoms. The molecule has 3 heterocycles. The summed E-state index contributed by atoms with van der Waals surface area (Å²) in [5.41, 5.74) is 3.26. The van der Waals surface area contributed by atoms with Gasteiger partial charge in [-0.1, -0.05) is 84.6 Å². The minimum absolute atomic E-state index is 0.00158. The zero-order chi connectivity index (χ0) is 30.0. The number of sulfonamides is 1. The summed E-state index contributed by atoms with van der Waals surface area (Å²) in [4.78, 5) is 4.40. The normalized spacial score (nSPS) is 20.7. The highest BCUT2D eigenvalue weighted by atomic mass is 32.2. The predicted molar refractivity (Wildman–Crippen MR) is 167 cm³/mol. The summed E-state index contributed by atoms with van der Waals surface area (Å²) in [5.74, 6) is 0.639. The Hall–Kier alpha value is -3.39. The molecular weight excluding hydrogens is 605 g/mol. The third-order valence-electron chi connectivity index (χ3n) is 7.30. The summed E-state index contributed by atoms with van der Waals surface area (Å²) >= 11 is 3.14. The molecule has 3 aromatic carbocycles. The van der Waals surface area contributed by atoms with Gasteiger partial charge < -0.3 is 14.6 Å². The van der Waals surface area contributed by atoms with Gasteiger partial charge in [-0.05, 0) is 42.3 Å². The van der Waals surface area contributed by atoms with Gasteiger partial charge in [0.2, 0.25) is 0 Å². The van der Waals surface area contributed by atoms with Crippen LogP contribution in [-0.4, -0.2) is 40.6 Å². The van der Waals surface area contributed by atoms with Gasteiger partial charge in [0.25, 0.3) is 10.0 Å². The van der Waals surface area contributed by atoms with Crippen LogP contribution in [0.2, 0.25) is 0 Å². The SMILES string of the molecule is Cc1nnc(SCC2OC(c3cccc(NS(=O)(=O)c4cccc5cccnc45)c3)OC(c3ccc(CO)cc3)C2C)s1. The van der Waals surface area contributed by atoms with Crippen LogP contribution in [0.3, 0.4) is 0 Å². The van der Waals surface area contributed by atoms with Crippen LogP contribution >= 0.6 is 23.1 Å². The summed E-state index contributed by atoms with van der Waals surface area (Å²) < 4.78 is 43.6. The number of ether oxygens (including phenoxy) is 2. The molecule has 0 radical (unpaired) electrons. The molecule has 2 N–H and O–H groups in total. The molecule has 4 atom stereocenters.